The summed E-state index contributed by atoms with van der Waals surface area (Å²) < 4.78 is 50.1. The van der Waals surface area contributed by atoms with Crippen molar-refractivity contribution in [2.75, 3.05) is 0 Å². The van der Waals surface area contributed by atoms with E-state index in [0.29, 0.717) is 5.01 Å². The quantitative estimate of drug-likeness (QED) is 0.570. The fourth-order valence-corrected chi connectivity index (χ4v) is 3.11. The molecular formula is C14H9Cl2F3N4O2S. The van der Waals surface area contributed by atoms with Crippen molar-refractivity contribution in [2.24, 2.45) is 7.05 Å². The van der Waals surface area contributed by atoms with Crippen LogP contribution in [-0.4, -0.2) is 26.6 Å². The zero-order valence-corrected chi connectivity index (χ0v) is 15.5. The van der Waals surface area contributed by atoms with Gasteiger partial charge >= 0.3 is 6.61 Å². The molecule has 0 N–H and O–H groups in total. The van der Waals surface area contributed by atoms with Gasteiger partial charge < -0.3 is 9.47 Å². The Morgan fingerprint density at radius 1 is 1.23 bits per heavy atom. The van der Waals surface area contributed by atoms with E-state index in [1.165, 1.54) is 24.5 Å². The lowest BCUT2D eigenvalue weighted by molar-refractivity contribution is -0.0552. The highest BCUT2D eigenvalue weighted by Crippen LogP contribution is 2.41. The molecule has 2 aromatic heterocycles. The zero-order valence-electron chi connectivity index (χ0n) is 13.1. The molecule has 0 spiro atoms. The summed E-state index contributed by atoms with van der Waals surface area (Å²) in [5.41, 5.74) is -0.201. The summed E-state index contributed by atoms with van der Waals surface area (Å²) in [7, 11) is 1.34. The van der Waals surface area contributed by atoms with Crippen molar-refractivity contribution < 1.29 is 22.6 Å². The van der Waals surface area contributed by atoms with Crippen LogP contribution in [0, 0.1) is 12.7 Å². The Bertz CT molecular complexity index is 964. The second kappa shape index (κ2) is 7.29. The molecule has 12 heteroatoms. The Morgan fingerprint density at radius 3 is 2.58 bits per heavy atom. The number of halogens is 5. The van der Waals surface area contributed by atoms with Crippen molar-refractivity contribution in [3.05, 3.63) is 33.0 Å². The minimum atomic E-state index is -3.11. The second-order valence-electron chi connectivity index (χ2n) is 4.92. The van der Waals surface area contributed by atoms with E-state index in [1.807, 2.05) is 0 Å². The van der Waals surface area contributed by atoms with E-state index in [1.54, 1.807) is 6.92 Å². The van der Waals surface area contributed by atoms with Gasteiger partial charge in [0.15, 0.2) is 0 Å². The lowest BCUT2D eigenvalue weighted by Gasteiger charge is -2.08. The number of rotatable bonds is 5. The summed E-state index contributed by atoms with van der Waals surface area (Å²) in [5, 5.41) is 12.1. The van der Waals surface area contributed by atoms with Gasteiger partial charge in [-0.05, 0) is 19.1 Å². The summed E-state index contributed by atoms with van der Waals surface area (Å²) in [4.78, 5) is 0. The molecule has 0 unspecified atom stereocenters. The molecule has 0 aliphatic heterocycles. The molecule has 0 atom stereocenters. The van der Waals surface area contributed by atoms with E-state index >= 15 is 0 Å². The van der Waals surface area contributed by atoms with E-state index in [-0.39, 0.29) is 32.2 Å². The molecule has 0 saturated carbocycles. The Kier molecular flexibility index (Phi) is 5.26. The third-order valence-electron chi connectivity index (χ3n) is 3.12. The SMILES string of the molecule is Cc1nnc(Oc2cc(-c3nn(C)c(OC(F)F)c3Cl)c(F)cc2Cl)s1. The molecular weight excluding hydrogens is 416 g/mol. The van der Waals surface area contributed by atoms with Crippen LogP contribution in [-0.2, 0) is 7.05 Å². The van der Waals surface area contributed by atoms with Gasteiger partial charge in [-0.3, -0.25) is 0 Å². The highest BCUT2D eigenvalue weighted by Gasteiger charge is 2.24. The molecule has 0 fully saturated rings. The molecule has 26 heavy (non-hydrogen) atoms. The van der Waals surface area contributed by atoms with Crippen LogP contribution in [0.4, 0.5) is 13.2 Å². The second-order valence-corrected chi connectivity index (χ2v) is 6.85. The first-order valence-electron chi connectivity index (χ1n) is 6.91. The average molecular weight is 425 g/mol. The fourth-order valence-electron chi connectivity index (χ4n) is 2.07. The zero-order chi connectivity index (χ0) is 19.0. The summed E-state index contributed by atoms with van der Waals surface area (Å²) in [5.74, 6) is -1.08. The molecule has 0 amide bonds. The first kappa shape index (κ1) is 18.7. The molecule has 0 radical (unpaired) electrons. The molecule has 0 saturated heterocycles. The Hall–Kier alpha value is -2.04. The molecule has 3 aromatic rings. The van der Waals surface area contributed by atoms with Gasteiger partial charge in [0, 0.05) is 12.6 Å². The summed E-state index contributed by atoms with van der Waals surface area (Å²) in [6.07, 6.45) is 0. The van der Waals surface area contributed by atoms with Crippen LogP contribution < -0.4 is 9.47 Å². The number of ether oxygens (including phenoxy) is 2. The summed E-state index contributed by atoms with van der Waals surface area (Å²) in [6, 6.07) is 2.24. The lowest BCUT2D eigenvalue weighted by atomic mass is 10.1. The lowest BCUT2D eigenvalue weighted by Crippen LogP contribution is -2.06. The predicted octanol–water partition coefficient (Wildman–Crippen LogP) is 5.09. The van der Waals surface area contributed by atoms with Crippen molar-refractivity contribution in [1.82, 2.24) is 20.0 Å². The first-order valence-corrected chi connectivity index (χ1v) is 8.48. The van der Waals surface area contributed by atoms with Gasteiger partial charge in [0.2, 0.25) is 5.88 Å². The predicted molar refractivity (Wildman–Crippen MR) is 90.0 cm³/mol. The van der Waals surface area contributed by atoms with Crippen LogP contribution in [0.2, 0.25) is 10.0 Å². The van der Waals surface area contributed by atoms with E-state index < -0.39 is 18.3 Å². The maximum absolute atomic E-state index is 14.4. The Morgan fingerprint density at radius 2 is 1.96 bits per heavy atom. The molecule has 3 rings (SSSR count). The molecule has 0 aliphatic rings. The van der Waals surface area contributed by atoms with E-state index in [0.717, 1.165) is 10.7 Å². The molecule has 2 heterocycles. The monoisotopic (exact) mass is 424 g/mol. The maximum atomic E-state index is 14.4. The van der Waals surface area contributed by atoms with E-state index in [4.69, 9.17) is 27.9 Å². The van der Waals surface area contributed by atoms with Crippen LogP contribution >= 0.6 is 34.5 Å². The van der Waals surface area contributed by atoms with Gasteiger partial charge in [-0.2, -0.15) is 13.9 Å². The highest BCUT2D eigenvalue weighted by molar-refractivity contribution is 7.13. The number of alkyl halides is 2. The van der Waals surface area contributed by atoms with Crippen LogP contribution in [0.15, 0.2) is 12.1 Å². The first-order chi connectivity index (χ1) is 12.3. The van der Waals surface area contributed by atoms with Gasteiger partial charge in [0.1, 0.15) is 27.3 Å². The minimum absolute atomic E-state index is 0.0183. The smallest absolute Gasteiger partial charge is 0.388 e. The molecule has 138 valence electrons. The number of nitrogens with zero attached hydrogens (tertiary/aromatic N) is 4. The molecule has 0 bridgehead atoms. The minimum Gasteiger partial charge on any atom is -0.428 e. The number of aryl methyl sites for hydroxylation is 2. The number of benzene rings is 1. The van der Waals surface area contributed by atoms with Gasteiger partial charge in [-0.25, -0.2) is 9.07 Å². The van der Waals surface area contributed by atoms with Crippen molar-refractivity contribution in [1.29, 1.82) is 0 Å². The van der Waals surface area contributed by atoms with Crippen LogP contribution in [0.3, 0.4) is 0 Å². The Labute approximate surface area is 159 Å². The third kappa shape index (κ3) is 3.71. The van der Waals surface area contributed by atoms with Gasteiger partial charge in [-0.15, -0.1) is 5.10 Å². The van der Waals surface area contributed by atoms with E-state index in [9.17, 15) is 13.2 Å². The van der Waals surface area contributed by atoms with Crippen molar-refractivity contribution in [3.8, 4) is 28.1 Å². The number of hydrogen-bond donors (Lipinski definition) is 0. The topological polar surface area (TPSA) is 62.1 Å². The van der Waals surface area contributed by atoms with Gasteiger partial charge in [0.25, 0.3) is 5.19 Å². The van der Waals surface area contributed by atoms with Crippen molar-refractivity contribution in [3.63, 3.8) is 0 Å². The average Bonchev–Trinajstić information content (AvgIpc) is 3.08. The van der Waals surface area contributed by atoms with E-state index in [2.05, 4.69) is 20.0 Å². The third-order valence-corrected chi connectivity index (χ3v) is 4.47. The molecule has 1 aromatic carbocycles. The normalized spacial score (nSPS) is 11.2. The standard InChI is InChI=1S/C14H9Cl2F3N4O2S/c1-5-20-21-14(26-5)24-9-3-6(8(17)4-7(9)15)11-10(16)12(23(2)22-11)25-13(18)19/h3-4,13H,1-2H3. The van der Waals surface area contributed by atoms with Gasteiger partial charge in [0.05, 0.1) is 5.02 Å². The molecule has 6 nitrogen and oxygen atoms in total. The van der Waals surface area contributed by atoms with Crippen LogP contribution in [0.1, 0.15) is 5.01 Å². The highest BCUT2D eigenvalue weighted by atomic mass is 35.5. The number of hydrogen-bond acceptors (Lipinski definition) is 6. The summed E-state index contributed by atoms with van der Waals surface area (Å²) in [6.45, 7) is -1.37. The van der Waals surface area contributed by atoms with Crippen molar-refractivity contribution >= 4 is 34.5 Å². The maximum Gasteiger partial charge on any atom is 0.388 e. The number of aromatic nitrogens is 4. The Balaban J connectivity index is 2.04. The summed E-state index contributed by atoms with van der Waals surface area (Å²) >= 11 is 13.2. The fraction of sp³-hybridized carbons (Fsp3) is 0.214. The van der Waals surface area contributed by atoms with Crippen LogP contribution in [0.5, 0.6) is 16.8 Å². The van der Waals surface area contributed by atoms with Gasteiger partial charge in [-0.1, -0.05) is 39.6 Å². The molecule has 0 aliphatic carbocycles. The largest absolute Gasteiger partial charge is 0.428 e. The van der Waals surface area contributed by atoms with Crippen molar-refractivity contribution in [2.45, 2.75) is 13.5 Å². The van der Waals surface area contributed by atoms with Crippen LogP contribution in [0.25, 0.3) is 11.3 Å².